The van der Waals surface area contributed by atoms with E-state index in [-0.39, 0.29) is 5.38 Å². The van der Waals surface area contributed by atoms with Gasteiger partial charge in [0.1, 0.15) is 0 Å². The minimum absolute atomic E-state index is 0.0165. The zero-order chi connectivity index (χ0) is 15.5. The molecular formula is C18H28ClN. The van der Waals surface area contributed by atoms with Crippen LogP contribution in [0.4, 0.5) is 0 Å². The van der Waals surface area contributed by atoms with E-state index < -0.39 is 0 Å². The SMILES string of the molecule is C=CC(Cl)C/C(C)=C/C(C)c1ncccc1CC.CC. The monoisotopic (exact) mass is 293 g/mol. The Morgan fingerprint density at radius 3 is 2.65 bits per heavy atom. The van der Waals surface area contributed by atoms with Crippen LogP contribution in [0.1, 0.15) is 58.2 Å². The van der Waals surface area contributed by atoms with Gasteiger partial charge in [0.25, 0.3) is 0 Å². The molecule has 0 saturated carbocycles. The number of hydrogen-bond acceptors (Lipinski definition) is 1. The molecule has 2 heteroatoms. The number of rotatable bonds is 6. The minimum Gasteiger partial charge on any atom is -0.260 e. The maximum atomic E-state index is 6.07. The van der Waals surface area contributed by atoms with Crippen molar-refractivity contribution < 1.29 is 0 Å². The van der Waals surface area contributed by atoms with Crippen molar-refractivity contribution in [3.8, 4) is 0 Å². The molecule has 1 heterocycles. The molecule has 0 saturated heterocycles. The Hall–Kier alpha value is -1.08. The number of alkyl halides is 1. The largest absolute Gasteiger partial charge is 0.260 e. The van der Waals surface area contributed by atoms with E-state index in [1.807, 2.05) is 26.1 Å². The predicted molar refractivity (Wildman–Crippen MR) is 91.6 cm³/mol. The molecule has 0 N–H and O–H groups in total. The number of nitrogens with zero attached hydrogens (tertiary/aromatic N) is 1. The highest BCUT2D eigenvalue weighted by atomic mass is 35.5. The smallest absolute Gasteiger partial charge is 0.0550 e. The Labute approximate surface area is 129 Å². The van der Waals surface area contributed by atoms with Crippen LogP contribution in [0.3, 0.4) is 0 Å². The van der Waals surface area contributed by atoms with Gasteiger partial charge in [-0.25, -0.2) is 0 Å². The van der Waals surface area contributed by atoms with Gasteiger partial charge in [0.2, 0.25) is 0 Å². The summed E-state index contributed by atoms with van der Waals surface area (Å²) in [6.07, 6.45) is 7.76. The van der Waals surface area contributed by atoms with Crippen molar-refractivity contribution >= 4 is 11.6 Å². The molecule has 0 aromatic carbocycles. The number of halogens is 1. The lowest BCUT2D eigenvalue weighted by Crippen LogP contribution is -2.01. The van der Waals surface area contributed by atoms with Crippen LogP contribution in [0, 0.1) is 0 Å². The summed E-state index contributed by atoms with van der Waals surface area (Å²) in [5.41, 5.74) is 3.78. The van der Waals surface area contributed by atoms with E-state index in [4.69, 9.17) is 11.6 Å². The predicted octanol–water partition coefficient (Wildman–Crippen LogP) is 5.90. The third-order valence-electron chi connectivity index (χ3n) is 3.05. The van der Waals surface area contributed by atoms with Crippen LogP contribution in [0.2, 0.25) is 0 Å². The zero-order valence-electron chi connectivity index (χ0n) is 13.5. The summed E-state index contributed by atoms with van der Waals surface area (Å²) in [7, 11) is 0. The lowest BCUT2D eigenvalue weighted by molar-refractivity contribution is 0.848. The van der Waals surface area contributed by atoms with E-state index >= 15 is 0 Å². The Morgan fingerprint density at radius 2 is 2.10 bits per heavy atom. The molecule has 2 unspecified atom stereocenters. The van der Waals surface area contributed by atoms with Gasteiger partial charge in [0, 0.05) is 12.1 Å². The van der Waals surface area contributed by atoms with Crippen molar-refractivity contribution in [2.45, 2.75) is 58.8 Å². The lowest BCUT2D eigenvalue weighted by Gasteiger charge is -2.13. The molecule has 112 valence electrons. The summed E-state index contributed by atoms with van der Waals surface area (Å²) in [5.74, 6) is 0.329. The first-order valence-corrected chi connectivity index (χ1v) is 7.89. The van der Waals surface area contributed by atoms with E-state index in [1.54, 1.807) is 6.08 Å². The molecule has 1 rings (SSSR count). The highest BCUT2D eigenvalue weighted by molar-refractivity contribution is 6.21. The summed E-state index contributed by atoms with van der Waals surface area (Å²) in [6, 6.07) is 4.15. The zero-order valence-corrected chi connectivity index (χ0v) is 14.2. The van der Waals surface area contributed by atoms with Crippen molar-refractivity contribution in [1.29, 1.82) is 0 Å². The average molecular weight is 294 g/mol. The Balaban J connectivity index is 0.00000172. The first-order chi connectivity index (χ1) is 9.58. The van der Waals surface area contributed by atoms with Gasteiger partial charge in [-0.2, -0.15) is 0 Å². The number of allylic oxidation sites excluding steroid dienone is 3. The van der Waals surface area contributed by atoms with Crippen LogP contribution in [0.15, 0.2) is 42.6 Å². The third-order valence-corrected chi connectivity index (χ3v) is 3.38. The average Bonchev–Trinajstić information content (AvgIpc) is 2.48. The van der Waals surface area contributed by atoms with Crippen LogP contribution in [0.25, 0.3) is 0 Å². The van der Waals surface area contributed by atoms with Gasteiger partial charge in [0.05, 0.1) is 11.1 Å². The highest BCUT2D eigenvalue weighted by Crippen LogP contribution is 2.22. The number of aromatic nitrogens is 1. The van der Waals surface area contributed by atoms with Crippen LogP contribution in [-0.4, -0.2) is 10.4 Å². The topological polar surface area (TPSA) is 12.9 Å². The molecule has 0 bridgehead atoms. The van der Waals surface area contributed by atoms with Gasteiger partial charge in [-0.15, -0.1) is 18.2 Å². The Morgan fingerprint density at radius 1 is 1.45 bits per heavy atom. The van der Waals surface area contributed by atoms with Gasteiger partial charge in [0.15, 0.2) is 0 Å². The van der Waals surface area contributed by atoms with Crippen molar-refractivity contribution in [2.24, 2.45) is 0 Å². The second-order valence-corrected chi connectivity index (χ2v) is 5.22. The van der Waals surface area contributed by atoms with E-state index in [1.165, 1.54) is 16.8 Å². The van der Waals surface area contributed by atoms with Crippen molar-refractivity contribution in [3.05, 3.63) is 53.9 Å². The molecule has 0 spiro atoms. The van der Waals surface area contributed by atoms with Gasteiger partial charge in [-0.1, -0.05) is 51.5 Å². The maximum absolute atomic E-state index is 6.07. The fourth-order valence-electron chi connectivity index (χ4n) is 2.12. The van der Waals surface area contributed by atoms with Crippen molar-refractivity contribution in [2.75, 3.05) is 0 Å². The fourth-order valence-corrected chi connectivity index (χ4v) is 2.37. The van der Waals surface area contributed by atoms with E-state index in [0.29, 0.717) is 5.92 Å². The molecular weight excluding hydrogens is 266 g/mol. The van der Waals surface area contributed by atoms with E-state index in [0.717, 1.165) is 12.8 Å². The molecule has 2 atom stereocenters. The fraction of sp³-hybridized carbons (Fsp3) is 0.500. The molecule has 20 heavy (non-hydrogen) atoms. The molecule has 0 fully saturated rings. The molecule has 0 radical (unpaired) electrons. The van der Waals surface area contributed by atoms with E-state index in [2.05, 4.69) is 44.5 Å². The quantitative estimate of drug-likeness (QED) is 0.470. The summed E-state index contributed by atoms with van der Waals surface area (Å²) in [6.45, 7) is 14.2. The van der Waals surface area contributed by atoms with Crippen molar-refractivity contribution in [3.63, 3.8) is 0 Å². The van der Waals surface area contributed by atoms with Crippen LogP contribution in [0.5, 0.6) is 0 Å². The normalized spacial score (nSPS) is 14.0. The van der Waals surface area contributed by atoms with Gasteiger partial charge in [-0.05, 0) is 31.4 Å². The summed E-state index contributed by atoms with van der Waals surface area (Å²) in [4.78, 5) is 4.50. The standard InChI is InChI=1S/C16H22ClN.C2H6/c1-5-14-8-7-9-18-16(14)13(4)10-12(3)11-15(17)6-2;1-2/h6-10,13,15H,2,5,11H2,1,3-4H3;1-2H3/b12-10+;. The Kier molecular flexibility index (Phi) is 10.1. The van der Waals surface area contributed by atoms with E-state index in [9.17, 15) is 0 Å². The lowest BCUT2D eigenvalue weighted by atomic mass is 9.97. The number of aryl methyl sites for hydroxylation is 1. The first-order valence-electron chi connectivity index (χ1n) is 7.46. The van der Waals surface area contributed by atoms with Crippen molar-refractivity contribution in [1.82, 2.24) is 4.98 Å². The molecule has 1 aromatic rings. The molecule has 0 aliphatic carbocycles. The summed E-state index contributed by atoms with van der Waals surface area (Å²) in [5, 5.41) is 0.0165. The third kappa shape index (κ3) is 6.38. The maximum Gasteiger partial charge on any atom is 0.0550 e. The Bertz CT molecular complexity index is 423. The first kappa shape index (κ1) is 18.9. The molecule has 1 aromatic heterocycles. The summed E-state index contributed by atoms with van der Waals surface area (Å²) >= 11 is 6.07. The van der Waals surface area contributed by atoms with Crippen LogP contribution in [-0.2, 0) is 6.42 Å². The molecule has 0 aliphatic rings. The molecule has 0 amide bonds. The number of hydrogen-bond donors (Lipinski definition) is 0. The summed E-state index contributed by atoms with van der Waals surface area (Å²) < 4.78 is 0. The van der Waals surface area contributed by atoms with Gasteiger partial charge >= 0.3 is 0 Å². The molecule has 1 nitrogen and oxygen atoms in total. The minimum atomic E-state index is 0.0165. The number of pyridine rings is 1. The van der Waals surface area contributed by atoms with Gasteiger partial charge < -0.3 is 0 Å². The second-order valence-electron chi connectivity index (χ2n) is 4.66. The molecule has 0 aliphatic heterocycles. The highest BCUT2D eigenvalue weighted by Gasteiger charge is 2.09. The van der Waals surface area contributed by atoms with Crippen LogP contribution < -0.4 is 0 Å². The second kappa shape index (κ2) is 10.7. The van der Waals surface area contributed by atoms with Crippen LogP contribution >= 0.6 is 11.6 Å². The van der Waals surface area contributed by atoms with Gasteiger partial charge in [-0.3, -0.25) is 4.98 Å².